The highest BCUT2D eigenvalue weighted by Crippen LogP contribution is 2.30. The minimum absolute atomic E-state index is 0.203. The molecule has 11 heteroatoms. The molecule has 0 spiro atoms. The smallest absolute Gasteiger partial charge is 0.267 e. The molecule has 202 valence electrons. The third kappa shape index (κ3) is 4.47. The quantitative estimate of drug-likeness (QED) is 0.191. The van der Waals surface area contributed by atoms with Crippen LogP contribution in [0.2, 0.25) is 0 Å². The first-order chi connectivity index (χ1) is 20.0. The van der Waals surface area contributed by atoms with Crippen molar-refractivity contribution in [3.8, 4) is 22.9 Å². The molecular formula is C30H21BrN6O3S. The van der Waals surface area contributed by atoms with Gasteiger partial charge in [-0.25, -0.2) is 4.57 Å². The second kappa shape index (κ2) is 10.2. The molecule has 0 aliphatic heterocycles. The van der Waals surface area contributed by atoms with Crippen LogP contribution in [0.1, 0.15) is 11.5 Å². The van der Waals surface area contributed by atoms with Crippen LogP contribution >= 0.6 is 27.7 Å². The molecule has 4 aromatic carbocycles. The van der Waals surface area contributed by atoms with E-state index in [0.717, 1.165) is 26.4 Å². The molecule has 0 saturated heterocycles. The molecule has 7 rings (SSSR count). The summed E-state index contributed by atoms with van der Waals surface area (Å²) in [6.45, 7) is 1.97. The minimum Gasteiger partial charge on any atom is -0.495 e. The van der Waals surface area contributed by atoms with E-state index < -0.39 is 0 Å². The Bertz CT molecular complexity index is 2170. The first-order valence-electron chi connectivity index (χ1n) is 12.7. The number of benzene rings is 4. The fourth-order valence-electron chi connectivity index (χ4n) is 4.87. The number of rotatable bonds is 6. The van der Waals surface area contributed by atoms with Crippen molar-refractivity contribution in [1.29, 1.82) is 0 Å². The van der Waals surface area contributed by atoms with E-state index in [0.29, 0.717) is 50.8 Å². The molecule has 0 bridgehead atoms. The van der Waals surface area contributed by atoms with Gasteiger partial charge < -0.3 is 9.15 Å². The van der Waals surface area contributed by atoms with E-state index in [2.05, 4.69) is 42.4 Å². The third-order valence-corrected chi connectivity index (χ3v) is 8.22. The summed E-state index contributed by atoms with van der Waals surface area (Å²) in [6.07, 6.45) is 0. The first kappa shape index (κ1) is 25.5. The number of thioether (sulfide) groups is 1. The van der Waals surface area contributed by atoms with E-state index in [4.69, 9.17) is 9.15 Å². The molecule has 0 aliphatic carbocycles. The Hall–Kier alpha value is -4.48. The molecule has 3 aromatic heterocycles. The van der Waals surface area contributed by atoms with Gasteiger partial charge in [0, 0.05) is 10.0 Å². The number of ether oxygens (including phenoxy) is 1. The van der Waals surface area contributed by atoms with Crippen LogP contribution in [0, 0.1) is 6.92 Å². The van der Waals surface area contributed by atoms with E-state index in [-0.39, 0.29) is 5.56 Å². The van der Waals surface area contributed by atoms with Crippen LogP contribution in [0.4, 0.5) is 0 Å². The van der Waals surface area contributed by atoms with Crippen LogP contribution in [0.5, 0.6) is 5.75 Å². The van der Waals surface area contributed by atoms with Crippen LogP contribution in [0.25, 0.3) is 44.6 Å². The number of fused-ring (bicyclic) bond motifs is 4. The lowest BCUT2D eigenvalue weighted by molar-refractivity contribution is 0.412. The van der Waals surface area contributed by atoms with Crippen LogP contribution in [-0.4, -0.2) is 36.5 Å². The number of aryl methyl sites for hydroxylation is 1. The fourth-order valence-corrected chi connectivity index (χ4v) is 6.02. The lowest BCUT2D eigenvalue weighted by Crippen LogP contribution is -2.22. The fraction of sp³-hybridized carbons (Fsp3) is 0.100. The zero-order valence-corrected chi connectivity index (χ0v) is 24.3. The minimum atomic E-state index is -0.203. The van der Waals surface area contributed by atoms with E-state index in [1.807, 2.05) is 78.1 Å². The summed E-state index contributed by atoms with van der Waals surface area (Å²) in [4.78, 5) is 13.7. The summed E-state index contributed by atoms with van der Waals surface area (Å²) in [7, 11) is 1.58. The predicted octanol–water partition coefficient (Wildman–Crippen LogP) is 6.61. The van der Waals surface area contributed by atoms with Crippen molar-refractivity contribution in [2.45, 2.75) is 17.8 Å². The van der Waals surface area contributed by atoms with Crippen molar-refractivity contribution in [3.63, 3.8) is 0 Å². The molecule has 0 atom stereocenters. The van der Waals surface area contributed by atoms with Crippen molar-refractivity contribution in [1.82, 2.24) is 29.4 Å². The second-order valence-corrected chi connectivity index (χ2v) is 11.3. The van der Waals surface area contributed by atoms with Crippen LogP contribution in [0.15, 0.2) is 97.7 Å². The van der Waals surface area contributed by atoms with Gasteiger partial charge in [-0.15, -0.1) is 20.4 Å². The Balaban J connectivity index is 1.27. The van der Waals surface area contributed by atoms with Gasteiger partial charge in [0.2, 0.25) is 17.6 Å². The maximum Gasteiger partial charge on any atom is 0.267 e. The van der Waals surface area contributed by atoms with Gasteiger partial charge in [-0.1, -0.05) is 58.0 Å². The van der Waals surface area contributed by atoms with E-state index in [1.54, 1.807) is 17.7 Å². The van der Waals surface area contributed by atoms with E-state index in [9.17, 15) is 4.79 Å². The van der Waals surface area contributed by atoms with Crippen LogP contribution in [0.3, 0.4) is 0 Å². The average Bonchev–Trinajstić information content (AvgIpc) is 3.64. The van der Waals surface area contributed by atoms with Crippen LogP contribution < -0.4 is 10.3 Å². The van der Waals surface area contributed by atoms with Gasteiger partial charge in [-0.3, -0.25) is 9.20 Å². The maximum atomic E-state index is 13.7. The summed E-state index contributed by atoms with van der Waals surface area (Å²) in [5.41, 5.74) is 2.93. The van der Waals surface area contributed by atoms with Gasteiger partial charge in [-0.2, -0.15) is 0 Å². The van der Waals surface area contributed by atoms with Crippen molar-refractivity contribution in [3.05, 3.63) is 105 Å². The highest BCUT2D eigenvalue weighted by molar-refractivity contribution is 9.10. The van der Waals surface area contributed by atoms with E-state index in [1.165, 1.54) is 11.8 Å². The van der Waals surface area contributed by atoms with Gasteiger partial charge in [-0.05, 0) is 71.8 Å². The molecule has 0 saturated carbocycles. The number of hydrogen-bond donors (Lipinski definition) is 0. The number of para-hydroxylation sites is 1. The van der Waals surface area contributed by atoms with Gasteiger partial charge in [0.1, 0.15) is 5.75 Å². The lowest BCUT2D eigenvalue weighted by atomic mass is 10.1. The van der Waals surface area contributed by atoms with Crippen molar-refractivity contribution >= 4 is 55.1 Å². The maximum absolute atomic E-state index is 13.7. The molecule has 0 amide bonds. The first-order valence-corrected chi connectivity index (χ1v) is 14.5. The number of halogens is 1. The van der Waals surface area contributed by atoms with Gasteiger partial charge in [0.05, 0.1) is 29.5 Å². The zero-order valence-electron chi connectivity index (χ0n) is 21.9. The highest BCUT2D eigenvalue weighted by Gasteiger charge is 2.21. The average molecular weight is 626 g/mol. The molecule has 0 aliphatic rings. The number of methoxy groups -OCH3 is 1. The zero-order chi connectivity index (χ0) is 28.1. The third-order valence-electron chi connectivity index (χ3n) is 6.81. The molecule has 7 aromatic rings. The van der Waals surface area contributed by atoms with Crippen molar-refractivity contribution < 1.29 is 9.15 Å². The Morgan fingerprint density at radius 1 is 0.927 bits per heavy atom. The summed E-state index contributed by atoms with van der Waals surface area (Å²) in [5, 5.41) is 20.8. The Kier molecular flexibility index (Phi) is 6.32. The number of hydrogen-bond acceptors (Lipinski definition) is 8. The summed E-state index contributed by atoms with van der Waals surface area (Å²) < 4.78 is 16.1. The summed E-state index contributed by atoms with van der Waals surface area (Å²) in [6, 6.07) is 25.3. The molecule has 3 heterocycles. The Morgan fingerprint density at radius 3 is 2.63 bits per heavy atom. The Morgan fingerprint density at radius 2 is 1.76 bits per heavy atom. The topological polar surface area (TPSA) is 100 Å². The standard InChI is InChI=1S/C30H21BrN6O3S/c1-17-7-12-25(39-2)24(13-17)36-28(38)22-5-3-4-6-23(22)37-29(36)34-35-30(37)41-16-26-32-33-27(40-26)20-9-8-19-15-21(31)11-10-18(19)14-20/h3-15H,16H2,1-2H3. The molecule has 0 unspecified atom stereocenters. The second-order valence-electron chi connectivity index (χ2n) is 9.45. The summed E-state index contributed by atoms with van der Waals surface area (Å²) in [5.74, 6) is 2.22. The molecule has 0 N–H and O–H groups in total. The van der Waals surface area contributed by atoms with Gasteiger partial charge in [0.25, 0.3) is 5.56 Å². The highest BCUT2D eigenvalue weighted by atomic mass is 79.9. The SMILES string of the molecule is COc1ccc(C)cc1-n1c(=O)c2ccccc2n2c(SCc3nnc(-c4ccc5cc(Br)ccc5c4)o3)nnc12. The van der Waals surface area contributed by atoms with Crippen LogP contribution in [-0.2, 0) is 5.75 Å². The molecule has 0 fully saturated rings. The van der Waals surface area contributed by atoms with E-state index >= 15 is 0 Å². The predicted molar refractivity (Wildman–Crippen MR) is 162 cm³/mol. The molecular weight excluding hydrogens is 604 g/mol. The normalized spacial score (nSPS) is 11.6. The van der Waals surface area contributed by atoms with Crippen molar-refractivity contribution in [2.24, 2.45) is 0 Å². The number of aromatic nitrogens is 6. The largest absolute Gasteiger partial charge is 0.495 e. The molecule has 0 radical (unpaired) electrons. The number of nitrogens with zero attached hydrogens (tertiary/aromatic N) is 6. The van der Waals surface area contributed by atoms with Crippen molar-refractivity contribution in [2.75, 3.05) is 7.11 Å². The molecule has 9 nitrogen and oxygen atoms in total. The monoisotopic (exact) mass is 624 g/mol. The van der Waals surface area contributed by atoms with Gasteiger partial charge in [0.15, 0.2) is 5.16 Å². The van der Waals surface area contributed by atoms with Gasteiger partial charge >= 0.3 is 0 Å². The lowest BCUT2D eigenvalue weighted by Gasteiger charge is -2.14. The summed E-state index contributed by atoms with van der Waals surface area (Å²) >= 11 is 4.91. The molecule has 41 heavy (non-hydrogen) atoms. The Labute approximate surface area is 245 Å².